The number of hydrogen-bond acceptors (Lipinski definition) is 5. The number of carbonyl (C=O) groups excluding carboxylic acids is 1. The molecule has 4 aromatic rings. The fourth-order valence-corrected chi connectivity index (χ4v) is 6.50. The molecule has 2 aromatic carbocycles. The third-order valence-electron chi connectivity index (χ3n) is 7.58. The Morgan fingerprint density at radius 3 is 2.37 bits per heavy atom. The zero-order valence-corrected chi connectivity index (χ0v) is 20.2. The molecule has 6 rings (SSSR count). The van der Waals surface area contributed by atoms with Gasteiger partial charge in [0.05, 0.1) is 11.1 Å². The number of aromatic nitrogens is 3. The van der Waals surface area contributed by atoms with Crippen molar-refractivity contribution in [3.8, 4) is 11.1 Å². The van der Waals surface area contributed by atoms with E-state index in [1.54, 1.807) is 12.4 Å². The third-order valence-corrected chi connectivity index (χ3v) is 8.85. The van der Waals surface area contributed by atoms with E-state index in [-0.39, 0.29) is 17.3 Å². The molecule has 7 nitrogen and oxygen atoms in total. The molecule has 8 heteroatoms. The molecule has 3 heterocycles. The van der Waals surface area contributed by atoms with E-state index in [1.165, 1.54) is 17.5 Å². The number of rotatable bonds is 4. The Labute approximate surface area is 206 Å². The molecule has 1 amide bonds. The number of amides is 1. The highest BCUT2D eigenvalue weighted by atomic mass is 32.2. The lowest BCUT2D eigenvalue weighted by molar-refractivity contribution is 0.0773. The summed E-state index contributed by atoms with van der Waals surface area (Å²) in [7, 11) is -0.813. The molecule has 1 aliphatic carbocycles. The minimum Gasteiger partial charge on any atom is -0.368 e. The highest BCUT2D eigenvalue weighted by molar-refractivity contribution is 7.85. The predicted molar refractivity (Wildman–Crippen MR) is 139 cm³/mol. The molecule has 1 saturated carbocycles. The van der Waals surface area contributed by atoms with Crippen molar-refractivity contribution in [3.05, 3.63) is 77.7 Å². The van der Waals surface area contributed by atoms with Gasteiger partial charge in [0.15, 0.2) is 0 Å². The molecular formula is C27H27N5O2S. The average molecular weight is 486 g/mol. The van der Waals surface area contributed by atoms with Gasteiger partial charge in [0, 0.05) is 70.3 Å². The number of benzene rings is 2. The second kappa shape index (κ2) is 8.61. The maximum atomic E-state index is 13.3. The van der Waals surface area contributed by atoms with Gasteiger partial charge in [0.1, 0.15) is 0 Å². The molecule has 0 spiro atoms. The SMILES string of the molecule is Nc1ncc(-c2ccc(C3(c4c[nH]c5c(C(=O)N6CCS(=O)CC6)cccc45)CCC3)cc2)cn1. The van der Waals surface area contributed by atoms with Crippen molar-refractivity contribution >= 4 is 33.6 Å². The fraction of sp³-hybridized carbons (Fsp3) is 0.296. The van der Waals surface area contributed by atoms with Crippen molar-refractivity contribution in [2.45, 2.75) is 24.7 Å². The lowest BCUT2D eigenvalue weighted by atomic mass is 9.60. The summed E-state index contributed by atoms with van der Waals surface area (Å²) in [6, 6.07) is 14.6. The number of nitrogen functional groups attached to an aromatic ring is 1. The van der Waals surface area contributed by atoms with Gasteiger partial charge in [-0.05, 0) is 35.6 Å². The molecule has 2 aromatic heterocycles. The van der Waals surface area contributed by atoms with Crippen LogP contribution < -0.4 is 5.73 Å². The number of fused-ring (bicyclic) bond motifs is 1. The van der Waals surface area contributed by atoms with Crippen LogP contribution in [-0.2, 0) is 16.2 Å². The van der Waals surface area contributed by atoms with Crippen LogP contribution in [0.2, 0.25) is 0 Å². The summed E-state index contributed by atoms with van der Waals surface area (Å²) >= 11 is 0. The normalized spacial score (nSPS) is 17.9. The molecule has 178 valence electrons. The second-order valence-corrected chi connectivity index (χ2v) is 11.1. The first-order chi connectivity index (χ1) is 17.0. The van der Waals surface area contributed by atoms with Gasteiger partial charge in [0.25, 0.3) is 5.91 Å². The van der Waals surface area contributed by atoms with E-state index in [1.807, 2.05) is 17.0 Å². The summed E-state index contributed by atoms with van der Waals surface area (Å²) < 4.78 is 11.7. The summed E-state index contributed by atoms with van der Waals surface area (Å²) in [5, 5.41) is 1.10. The van der Waals surface area contributed by atoms with Gasteiger partial charge in [-0.25, -0.2) is 9.97 Å². The van der Waals surface area contributed by atoms with E-state index in [2.05, 4.69) is 51.5 Å². The molecule has 35 heavy (non-hydrogen) atoms. The number of carbonyl (C=O) groups is 1. The van der Waals surface area contributed by atoms with Crippen LogP contribution in [0.3, 0.4) is 0 Å². The number of H-pyrrole nitrogens is 1. The molecule has 1 aliphatic heterocycles. The van der Waals surface area contributed by atoms with Crippen molar-refractivity contribution in [1.29, 1.82) is 0 Å². The Morgan fingerprint density at radius 2 is 1.71 bits per heavy atom. The first kappa shape index (κ1) is 22.0. The van der Waals surface area contributed by atoms with E-state index in [0.29, 0.717) is 30.2 Å². The quantitative estimate of drug-likeness (QED) is 0.456. The number of nitrogens with two attached hydrogens (primary N) is 1. The summed E-state index contributed by atoms with van der Waals surface area (Å²) in [5.41, 5.74) is 11.6. The van der Waals surface area contributed by atoms with Crippen molar-refractivity contribution in [2.24, 2.45) is 0 Å². The predicted octanol–water partition coefficient (Wildman–Crippen LogP) is 3.88. The summed E-state index contributed by atoms with van der Waals surface area (Å²) in [6.45, 7) is 1.09. The maximum absolute atomic E-state index is 13.3. The zero-order valence-electron chi connectivity index (χ0n) is 19.4. The van der Waals surface area contributed by atoms with Crippen molar-refractivity contribution < 1.29 is 9.00 Å². The Hall–Kier alpha value is -3.52. The fourth-order valence-electron chi connectivity index (χ4n) is 5.45. The molecule has 0 radical (unpaired) electrons. The molecule has 0 unspecified atom stereocenters. The second-order valence-electron chi connectivity index (χ2n) is 9.41. The van der Waals surface area contributed by atoms with Crippen molar-refractivity contribution in [3.63, 3.8) is 0 Å². The highest BCUT2D eigenvalue weighted by Gasteiger charge is 2.42. The van der Waals surface area contributed by atoms with E-state index in [9.17, 15) is 9.00 Å². The molecular weight excluding hydrogens is 458 g/mol. The van der Waals surface area contributed by atoms with Gasteiger partial charge < -0.3 is 15.6 Å². The maximum Gasteiger partial charge on any atom is 0.256 e. The molecule has 2 aliphatic rings. The zero-order chi connectivity index (χ0) is 24.0. The Morgan fingerprint density at radius 1 is 1.00 bits per heavy atom. The number of hydrogen-bond donors (Lipinski definition) is 2. The third kappa shape index (κ3) is 3.72. The van der Waals surface area contributed by atoms with Crippen LogP contribution in [-0.4, -0.2) is 54.6 Å². The van der Waals surface area contributed by atoms with Crippen molar-refractivity contribution in [2.75, 3.05) is 30.3 Å². The summed E-state index contributed by atoms with van der Waals surface area (Å²) in [4.78, 5) is 26.8. The molecule has 1 saturated heterocycles. The molecule has 0 bridgehead atoms. The Kier molecular flexibility index (Phi) is 5.40. The van der Waals surface area contributed by atoms with Gasteiger partial charge in [0.2, 0.25) is 5.95 Å². The summed E-state index contributed by atoms with van der Waals surface area (Å²) in [5.74, 6) is 1.39. The van der Waals surface area contributed by atoms with Gasteiger partial charge in [-0.2, -0.15) is 0 Å². The van der Waals surface area contributed by atoms with Crippen LogP contribution in [0, 0.1) is 0 Å². The number of para-hydroxylation sites is 1. The lowest BCUT2D eigenvalue weighted by Crippen LogP contribution is -2.41. The Balaban J connectivity index is 1.35. The van der Waals surface area contributed by atoms with Crippen LogP contribution in [0.15, 0.2) is 61.1 Å². The number of anilines is 1. The lowest BCUT2D eigenvalue weighted by Gasteiger charge is -2.43. The van der Waals surface area contributed by atoms with Crippen molar-refractivity contribution in [1.82, 2.24) is 19.9 Å². The van der Waals surface area contributed by atoms with E-state index < -0.39 is 10.8 Å². The highest BCUT2D eigenvalue weighted by Crippen LogP contribution is 2.51. The number of nitrogens with zero attached hydrogens (tertiary/aromatic N) is 3. The van der Waals surface area contributed by atoms with Crippen LogP contribution >= 0.6 is 0 Å². The largest absolute Gasteiger partial charge is 0.368 e. The van der Waals surface area contributed by atoms with Crippen LogP contribution in [0.25, 0.3) is 22.0 Å². The first-order valence-electron chi connectivity index (χ1n) is 12.0. The van der Waals surface area contributed by atoms with Crippen LogP contribution in [0.4, 0.5) is 5.95 Å². The number of nitrogens with one attached hydrogen (secondary N) is 1. The Bertz CT molecular complexity index is 1410. The average Bonchev–Trinajstić information content (AvgIpc) is 3.29. The molecule has 2 fully saturated rings. The number of aromatic amines is 1. The van der Waals surface area contributed by atoms with Gasteiger partial charge in [-0.3, -0.25) is 9.00 Å². The van der Waals surface area contributed by atoms with Crippen LogP contribution in [0.1, 0.15) is 40.7 Å². The van der Waals surface area contributed by atoms with Gasteiger partial charge in [-0.15, -0.1) is 0 Å². The first-order valence-corrected chi connectivity index (χ1v) is 13.5. The molecule has 0 atom stereocenters. The smallest absolute Gasteiger partial charge is 0.256 e. The minimum absolute atomic E-state index is 0.0124. The monoisotopic (exact) mass is 485 g/mol. The van der Waals surface area contributed by atoms with Gasteiger partial charge in [-0.1, -0.05) is 42.8 Å². The minimum atomic E-state index is -0.813. The van der Waals surface area contributed by atoms with E-state index in [4.69, 9.17) is 5.73 Å². The molecule has 3 N–H and O–H groups in total. The van der Waals surface area contributed by atoms with Crippen LogP contribution in [0.5, 0.6) is 0 Å². The van der Waals surface area contributed by atoms with E-state index >= 15 is 0 Å². The van der Waals surface area contributed by atoms with Gasteiger partial charge >= 0.3 is 0 Å². The topological polar surface area (TPSA) is 105 Å². The van der Waals surface area contributed by atoms with E-state index in [0.717, 1.165) is 34.9 Å². The standard InChI is InChI=1S/C27H27N5O2S/c28-26-30-15-19(16-31-26)18-5-7-20(8-6-18)27(9-2-10-27)23-17-29-24-21(23)3-1-4-22(24)25(33)32-11-13-35(34)14-12-32/h1,3-8,15-17,29H,2,9-14H2,(H2,28,30,31). The summed E-state index contributed by atoms with van der Waals surface area (Å²) in [6.07, 6.45) is 8.89.